The lowest BCUT2D eigenvalue weighted by Gasteiger charge is -2.05. The molecule has 0 aliphatic rings. The van der Waals surface area contributed by atoms with E-state index in [2.05, 4.69) is 36.7 Å². The van der Waals surface area contributed by atoms with Crippen LogP contribution in [0.3, 0.4) is 0 Å². The Hall–Kier alpha value is -1.42. The predicted molar refractivity (Wildman–Crippen MR) is 70.2 cm³/mol. The Morgan fingerprint density at radius 2 is 2.17 bits per heavy atom. The van der Waals surface area contributed by atoms with E-state index in [4.69, 9.17) is 10.8 Å². The zero-order valence-electron chi connectivity index (χ0n) is 11.2. The zero-order chi connectivity index (χ0) is 13.5. The lowest BCUT2D eigenvalue weighted by Crippen LogP contribution is -2.37. The first-order valence-electron chi connectivity index (χ1n) is 6.52. The first-order valence-corrected chi connectivity index (χ1v) is 6.52. The highest BCUT2D eigenvalue weighted by Crippen LogP contribution is 2.02. The van der Waals surface area contributed by atoms with E-state index in [1.54, 1.807) is 0 Å². The first kappa shape index (κ1) is 14.6. The van der Waals surface area contributed by atoms with Gasteiger partial charge in [0.05, 0.1) is 0 Å². The van der Waals surface area contributed by atoms with Crippen LogP contribution in [0.2, 0.25) is 0 Å². The van der Waals surface area contributed by atoms with Crippen LogP contribution in [-0.2, 0) is 17.8 Å². The normalized spacial score (nSPS) is 12.4. The monoisotopic (exact) mass is 251 g/mol. The zero-order valence-corrected chi connectivity index (χ0v) is 11.2. The Balaban J connectivity index is 2.41. The summed E-state index contributed by atoms with van der Waals surface area (Å²) in [6.07, 6.45) is 5.55. The van der Waals surface area contributed by atoms with Crippen LogP contribution >= 0.6 is 0 Å². The second-order valence-corrected chi connectivity index (χ2v) is 4.67. The molecule has 0 aliphatic carbocycles. The van der Waals surface area contributed by atoms with E-state index >= 15 is 0 Å². The number of carbonyl (C=O) groups is 1. The lowest BCUT2D eigenvalue weighted by atomic mass is 10.1. The minimum atomic E-state index is -0.910. The predicted octanol–water partition coefficient (Wildman–Crippen LogP) is 1.43. The first-order chi connectivity index (χ1) is 8.54. The van der Waals surface area contributed by atoms with Crippen LogP contribution < -0.4 is 10.3 Å². The van der Waals surface area contributed by atoms with E-state index in [9.17, 15) is 4.79 Å². The van der Waals surface area contributed by atoms with Crippen LogP contribution in [0.15, 0.2) is 18.3 Å². The van der Waals surface area contributed by atoms with Crippen molar-refractivity contribution in [2.75, 3.05) is 0 Å². The smallest absolute Gasteiger partial charge is 0.320 e. The SMILES string of the molecule is CCc1ccc(C)[n+](CCCC[C@H](N)C(=O)O)c1. The fourth-order valence-electron chi connectivity index (χ4n) is 1.89. The number of nitrogens with two attached hydrogens (primary N) is 1. The van der Waals surface area contributed by atoms with Gasteiger partial charge in [0.2, 0.25) is 0 Å². The van der Waals surface area contributed by atoms with E-state index in [1.807, 2.05) is 0 Å². The highest BCUT2D eigenvalue weighted by Gasteiger charge is 2.12. The fraction of sp³-hybridized carbons (Fsp3) is 0.571. The highest BCUT2D eigenvalue weighted by atomic mass is 16.4. The Bertz CT molecular complexity index is 405. The van der Waals surface area contributed by atoms with Gasteiger partial charge in [-0.05, 0) is 25.3 Å². The standard InChI is InChI=1S/C14H22N2O2/c1-3-12-8-7-11(2)16(10-12)9-5-4-6-13(15)14(17)18/h7-8,10,13H,3-6,9,15H2,1-2H3/p+1/t13-/m0/s1. The molecule has 1 aromatic rings. The molecule has 1 atom stereocenters. The van der Waals surface area contributed by atoms with Crippen molar-refractivity contribution in [1.82, 2.24) is 0 Å². The molecule has 3 N–H and O–H groups in total. The summed E-state index contributed by atoms with van der Waals surface area (Å²) in [7, 11) is 0. The molecule has 0 fully saturated rings. The average molecular weight is 251 g/mol. The Labute approximate surface area is 108 Å². The number of pyridine rings is 1. The van der Waals surface area contributed by atoms with Crippen LogP contribution in [0.25, 0.3) is 0 Å². The van der Waals surface area contributed by atoms with Gasteiger partial charge in [-0.3, -0.25) is 4.79 Å². The van der Waals surface area contributed by atoms with E-state index in [1.165, 1.54) is 11.3 Å². The van der Waals surface area contributed by atoms with Gasteiger partial charge in [0.25, 0.3) is 0 Å². The molecule has 0 aliphatic heterocycles. The minimum Gasteiger partial charge on any atom is -0.480 e. The number of hydrogen-bond acceptors (Lipinski definition) is 2. The summed E-state index contributed by atoms with van der Waals surface area (Å²) in [5.41, 5.74) is 8.02. The van der Waals surface area contributed by atoms with Gasteiger partial charge in [0.15, 0.2) is 11.9 Å². The summed E-state index contributed by atoms with van der Waals surface area (Å²) in [4.78, 5) is 10.6. The molecule has 0 amide bonds. The number of hydrogen-bond donors (Lipinski definition) is 2. The largest absolute Gasteiger partial charge is 0.480 e. The van der Waals surface area contributed by atoms with Gasteiger partial charge in [-0.1, -0.05) is 6.92 Å². The van der Waals surface area contributed by atoms with Crippen LogP contribution in [0, 0.1) is 6.92 Å². The third kappa shape index (κ3) is 4.45. The third-order valence-corrected chi connectivity index (χ3v) is 3.20. The van der Waals surface area contributed by atoms with Crippen molar-refractivity contribution >= 4 is 5.97 Å². The maximum Gasteiger partial charge on any atom is 0.320 e. The number of aliphatic carboxylic acids is 1. The third-order valence-electron chi connectivity index (χ3n) is 3.20. The van der Waals surface area contributed by atoms with Crippen molar-refractivity contribution in [3.05, 3.63) is 29.6 Å². The molecule has 0 saturated heterocycles. The molecule has 1 rings (SSSR count). The molecular formula is C14H23N2O2+. The van der Waals surface area contributed by atoms with E-state index in [0.29, 0.717) is 6.42 Å². The van der Waals surface area contributed by atoms with Gasteiger partial charge in [-0.15, -0.1) is 0 Å². The van der Waals surface area contributed by atoms with Crippen LogP contribution in [0.4, 0.5) is 0 Å². The second-order valence-electron chi connectivity index (χ2n) is 4.67. The second kappa shape index (κ2) is 7.11. The highest BCUT2D eigenvalue weighted by molar-refractivity contribution is 5.72. The number of rotatable bonds is 7. The van der Waals surface area contributed by atoms with Crippen molar-refractivity contribution in [2.24, 2.45) is 5.73 Å². The number of nitrogens with zero attached hydrogens (tertiary/aromatic N) is 1. The topological polar surface area (TPSA) is 67.2 Å². The summed E-state index contributed by atoms with van der Waals surface area (Å²) in [5.74, 6) is -0.910. The minimum absolute atomic E-state index is 0.544. The van der Waals surface area contributed by atoms with Crippen molar-refractivity contribution < 1.29 is 14.5 Å². The van der Waals surface area contributed by atoms with Crippen molar-refractivity contribution in [1.29, 1.82) is 0 Å². The maximum absolute atomic E-state index is 10.6. The molecule has 0 aromatic carbocycles. The van der Waals surface area contributed by atoms with Gasteiger partial charge in [0, 0.05) is 25.0 Å². The Kier molecular flexibility index (Phi) is 5.78. The molecule has 18 heavy (non-hydrogen) atoms. The van der Waals surface area contributed by atoms with Gasteiger partial charge in [0.1, 0.15) is 12.6 Å². The van der Waals surface area contributed by atoms with E-state index < -0.39 is 12.0 Å². The van der Waals surface area contributed by atoms with Crippen molar-refractivity contribution in [3.8, 4) is 0 Å². The average Bonchev–Trinajstić information content (AvgIpc) is 2.36. The van der Waals surface area contributed by atoms with Crippen molar-refractivity contribution in [2.45, 2.75) is 52.1 Å². The summed E-state index contributed by atoms with van der Waals surface area (Å²) in [6.45, 7) is 5.15. The number of carboxylic acids is 1. The van der Waals surface area contributed by atoms with Crippen LogP contribution in [-0.4, -0.2) is 17.1 Å². The molecule has 0 radical (unpaired) electrons. The van der Waals surface area contributed by atoms with Crippen LogP contribution in [0.5, 0.6) is 0 Å². The van der Waals surface area contributed by atoms with Crippen molar-refractivity contribution in [3.63, 3.8) is 0 Å². The summed E-state index contributed by atoms with van der Waals surface area (Å²) in [5, 5.41) is 8.68. The number of aromatic nitrogens is 1. The van der Waals surface area contributed by atoms with Gasteiger partial charge in [-0.25, -0.2) is 4.57 Å². The van der Waals surface area contributed by atoms with Crippen LogP contribution in [0.1, 0.15) is 37.4 Å². The quantitative estimate of drug-likeness (QED) is 0.569. The molecule has 1 aromatic heterocycles. The molecule has 0 saturated carbocycles. The Morgan fingerprint density at radius 3 is 2.78 bits per heavy atom. The summed E-state index contributed by atoms with van der Waals surface area (Å²) >= 11 is 0. The van der Waals surface area contributed by atoms with Gasteiger partial charge < -0.3 is 10.8 Å². The maximum atomic E-state index is 10.6. The fourth-order valence-corrected chi connectivity index (χ4v) is 1.89. The molecule has 100 valence electrons. The summed E-state index contributed by atoms with van der Waals surface area (Å²) < 4.78 is 2.23. The Morgan fingerprint density at radius 1 is 1.44 bits per heavy atom. The molecule has 1 heterocycles. The molecular weight excluding hydrogens is 228 g/mol. The number of aryl methyl sites for hydroxylation is 3. The number of unbranched alkanes of at least 4 members (excludes halogenated alkanes) is 1. The van der Waals surface area contributed by atoms with E-state index in [0.717, 1.165) is 25.8 Å². The van der Waals surface area contributed by atoms with Gasteiger partial charge in [-0.2, -0.15) is 0 Å². The molecule has 0 unspecified atom stereocenters. The molecule has 0 bridgehead atoms. The van der Waals surface area contributed by atoms with E-state index in [-0.39, 0.29) is 0 Å². The molecule has 4 nitrogen and oxygen atoms in total. The molecule has 4 heteroatoms. The van der Waals surface area contributed by atoms with Gasteiger partial charge >= 0.3 is 5.97 Å². The molecule has 0 spiro atoms. The summed E-state index contributed by atoms with van der Waals surface area (Å²) in [6, 6.07) is 3.55. The number of carboxylic acid groups (broad SMARTS) is 1. The lowest BCUT2D eigenvalue weighted by molar-refractivity contribution is -0.703.